The number of aromatic nitrogens is 4. The first-order valence-corrected chi connectivity index (χ1v) is 5.42. The van der Waals surface area contributed by atoms with Gasteiger partial charge in [0.15, 0.2) is 5.82 Å². The maximum atomic E-state index is 5.73. The lowest BCUT2D eigenvalue weighted by molar-refractivity contribution is 0.389. The first-order chi connectivity index (χ1) is 8.26. The van der Waals surface area contributed by atoms with E-state index in [-0.39, 0.29) is 0 Å². The summed E-state index contributed by atoms with van der Waals surface area (Å²) in [5.74, 6) is 1.08. The van der Waals surface area contributed by atoms with Crippen LogP contribution in [0.4, 0.5) is 5.82 Å². The molecule has 0 fully saturated rings. The number of nitrogens with zero attached hydrogens (tertiary/aromatic N) is 4. The number of ether oxygens (including phenoxy) is 1. The van der Waals surface area contributed by atoms with Crippen molar-refractivity contribution in [1.29, 1.82) is 0 Å². The van der Waals surface area contributed by atoms with Crippen molar-refractivity contribution >= 4 is 5.82 Å². The van der Waals surface area contributed by atoms with Gasteiger partial charge in [0.05, 0.1) is 19.3 Å². The second kappa shape index (κ2) is 4.82. The highest BCUT2D eigenvalue weighted by molar-refractivity contribution is 5.34. The number of pyridine rings is 1. The van der Waals surface area contributed by atoms with Gasteiger partial charge in [-0.25, -0.2) is 9.67 Å². The molecule has 90 valence electrons. The molecule has 2 aromatic heterocycles. The van der Waals surface area contributed by atoms with Crippen molar-refractivity contribution in [2.24, 2.45) is 0 Å². The van der Waals surface area contributed by atoms with Crippen LogP contribution in [0.15, 0.2) is 18.3 Å². The van der Waals surface area contributed by atoms with Crippen LogP contribution < -0.4 is 10.5 Å². The molecule has 17 heavy (non-hydrogen) atoms. The van der Waals surface area contributed by atoms with E-state index >= 15 is 0 Å². The molecule has 0 amide bonds. The van der Waals surface area contributed by atoms with Gasteiger partial charge in [-0.2, -0.15) is 0 Å². The summed E-state index contributed by atoms with van der Waals surface area (Å²) in [6, 6.07) is 3.81. The van der Waals surface area contributed by atoms with Crippen molar-refractivity contribution in [2.45, 2.75) is 19.9 Å². The Bertz CT molecular complexity index is 508. The Hall–Kier alpha value is -2.11. The Balaban J connectivity index is 2.31. The summed E-state index contributed by atoms with van der Waals surface area (Å²) in [4.78, 5) is 4.14. The molecule has 2 N–H and O–H groups in total. The monoisotopic (exact) mass is 233 g/mol. The topological polar surface area (TPSA) is 78.9 Å². The summed E-state index contributed by atoms with van der Waals surface area (Å²) in [7, 11) is 1.60. The second-order valence-electron chi connectivity index (χ2n) is 3.60. The number of methoxy groups -OCH3 is 1. The van der Waals surface area contributed by atoms with Crippen molar-refractivity contribution in [1.82, 2.24) is 20.0 Å². The van der Waals surface area contributed by atoms with Crippen LogP contribution in [0.3, 0.4) is 0 Å². The van der Waals surface area contributed by atoms with E-state index in [4.69, 9.17) is 10.5 Å². The van der Waals surface area contributed by atoms with Crippen molar-refractivity contribution in [3.63, 3.8) is 0 Å². The lowest BCUT2D eigenvalue weighted by Gasteiger charge is -2.08. The van der Waals surface area contributed by atoms with Gasteiger partial charge in [0, 0.05) is 11.8 Å². The predicted molar refractivity (Wildman–Crippen MR) is 63.7 cm³/mol. The molecule has 0 spiro atoms. The highest BCUT2D eigenvalue weighted by Gasteiger charge is 2.11. The summed E-state index contributed by atoms with van der Waals surface area (Å²) < 4.78 is 6.97. The van der Waals surface area contributed by atoms with Crippen LogP contribution in [-0.4, -0.2) is 27.1 Å². The lowest BCUT2D eigenvalue weighted by Crippen LogP contribution is -2.08. The Morgan fingerprint density at radius 1 is 1.47 bits per heavy atom. The molecule has 0 aliphatic carbocycles. The van der Waals surface area contributed by atoms with Gasteiger partial charge >= 0.3 is 0 Å². The Labute approximate surface area is 99.4 Å². The minimum absolute atomic E-state index is 0.482. The molecule has 6 heteroatoms. The molecule has 0 bridgehead atoms. The molecule has 0 radical (unpaired) electrons. The quantitative estimate of drug-likeness (QED) is 0.847. The average Bonchev–Trinajstić information content (AvgIpc) is 2.70. The molecule has 2 heterocycles. The molecule has 0 aliphatic rings. The average molecular weight is 233 g/mol. The van der Waals surface area contributed by atoms with Crippen LogP contribution in [0.25, 0.3) is 0 Å². The molecule has 2 aromatic rings. The number of rotatable bonds is 4. The Morgan fingerprint density at radius 2 is 2.29 bits per heavy atom. The Kier molecular flexibility index (Phi) is 3.22. The number of anilines is 1. The molecular weight excluding hydrogens is 218 g/mol. The Morgan fingerprint density at radius 3 is 3.00 bits per heavy atom. The van der Waals surface area contributed by atoms with E-state index in [2.05, 4.69) is 15.3 Å². The highest BCUT2D eigenvalue weighted by atomic mass is 16.5. The van der Waals surface area contributed by atoms with E-state index in [9.17, 15) is 0 Å². The van der Waals surface area contributed by atoms with Crippen molar-refractivity contribution in [3.8, 4) is 5.88 Å². The van der Waals surface area contributed by atoms with Gasteiger partial charge in [0.25, 0.3) is 0 Å². The SMILES string of the molecule is CCc1c(N)nnn1Cc1cccnc1OC. The zero-order chi connectivity index (χ0) is 12.3. The normalized spacial score (nSPS) is 10.5. The molecule has 0 atom stereocenters. The summed E-state index contributed by atoms with van der Waals surface area (Å²) in [5, 5.41) is 7.88. The molecule has 0 aliphatic heterocycles. The predicted octanol–water partition coefficient (Wildman–Crippen LogP) is 0.875. The largest absolute Gasteiger partial charge is 0.481 e. The van der Waals surface area contributed by atoms with Gasteiger partial charge in [-0.05, 0) is 12.5 Å². The molecular formula is C11H15N5O. The second-order valence-corrected chi connectivity index (χ2v) is 3.60. The van der Waals surface area contributed by atoms with Gasteiger partial charge in [-0.1, -0.05) is 18.2 Å². The van der Waals surface area contributed by atoms with Crippen LogP contribution in [0.1, 0.15) is 18.2 Å². The van der Waals surface area contributed by atoms with Crippen LogP contribution in [0.2, 0.25) is 0 Å². The fourth-order valence-corrected chi connectivity index (χ4v) is 1.73. The third-order valence-electron chi connectivity index (χ3n) is 2.57. The summed E-state index contributed by atoms with van der Waals surface area (Å²) >= 11 is 0. The van der Waals surface area contributed by atoms with Crippen molar-refractivity contribution in [3.05, 3.63) is 29.6 Å². The first-order valence-electron chi connectivity index (χ1n) is 5.42. The van der Waals surface area contributed by atoms with E-state index < -0.39 is 0 Å². The van der Waals surface area contributed by atoms with E-state index in [0.29, 0.717) is 18.2 Å². The standard InChI is InChI=1S/C11H15N5O/c1-3-9-10(12)14-15-16(9)7-8-5-4-6-13-11(8)17-2/h4-6H,3,7,12H2,1-2H3. The van der Waals surface area contributed by atoms with E-state index in [1.807, 2.05) is 19.1 Å². The number of nitrogen functional groups attached to an aromatic ring is 1. The van der Waals surface area contributed by atoms with Gasteiger partial charge in [-0.3, -0.25) is 0 Å². The molecule has 0 saturated heterocycles. The van der Waals surface area contributed by atoms with E-state index in [1.165, 1.54) is 0 Å². The smallest absolute Gasteiger partial charge is 0.218 e. The summed E-state index contributed by atoms with van der Waals surface area (Å²) in [6.07, 6.45) is 2.49. The van der Waals surface area contributed by atoms with Gasteiger partial charge < -0.3 is 10.5 Å². The number of hydrogen-bond donors (Lipinski definition) is 1. The zero-order valence-electron chi connectivity index (χ0n) is 9.92. The molecule has 0 aromatic carbocycles. The fourth-order valence-electron chi connectivity index (χ4n) is 1.73. The maximum Gasteiger partial charge on any atom is 0.218 e. The van der Waals surface area contributed by atoms with Crippen LogP contribution in [0.5, 0.6) is 5.88 Å². The van der Waals surface area contributed by atoms with Crippen LogP contribution in [-0.2, 0) is 13.0 Å². The third-order valence-corrected chi connectivity index (χ3v) is 2.57. The zero-order valence-corrected chi connectivity index (χ0v) is 9.92. The number of hydrogen-bond acceptors (Lipinski definition) is 5. The van der Waals surface area contributed by atoms with Crippen LogP contribution in [0, 0.1) is 0 Å². The summed E-state index contributed by atoms with van der Waals surface area (Å²) in [5.41, 5.74) is 7.61. The highest BCUT2D eigenvalue weighted by Crippen LogP contribution is 2.17. The van der Waals surface area contributed by atoms with E-state index in [1.54, 1.807) is 18.0 Å². The van der Waals surface area contributed by atoms with Crippen LogP contribution >= 0.6 is 0 Å². The molecule has 0 saturated carbocycles. The van der Waals surface area contributed by atoms with Gasteiger partial charge in [0.2, 0.25) is 5.88 Å². The van der Waals surface area contributed by atoms with Crippen molar-refractivity contribution < 1.29 is 4.74 Å². The minimum atomic E-state index is 0.482. The molecule has 0 unspecified atom stereocenters. The van der Waals surface area contributed by atoms with Crippen molar-refractivity contribution in [2.75, 3.05) is 12.8 Å². The fraction of sp³-hybridized carbons (Fsp3) is 0.364. The third kappa shape index (κ3) is 2.20. The molecule has 6 nitrogen and oxygen atoms in total. The first kappa shape index (κ1) is 11.4. The lowest BCUT2D eigenvalue weighted by atomic mass is 10.2. The van der Waals surface area contributed by atoms with Gasteiger partial charge in [0.1, 0.15) is 0 Å². The maximum absolute atomic E-state index is 5.73. The number of nitrogens with two attached hydrogens (primary N) is 1. The van der Waals surface area contributed by atoms with Gasteiger partial charge in [-0.15, -0.1) is 5.10 Å². The molecule has 2 rings (SSSR count). The minimum Gasteiger partial charge on any atom is -0.481 e. The van der Waals surface area contributed by atoms with E-state index in [0.717, 1.165) is 17.7 Å². The summed E-state index contributed by atoms with van der Waals surface area (Å²) in [6.45, 7) is 2.58.